The van der Waals surface area contributed by atoms with E-state index >= 15 is 0 Å². The normalized spacial score (nSPS) is 13.1. The van der Waals surface area contributed by atoms with Gasteiger partial charge in [-0.05, 0) is 28.5 Å². The Morgan fingerprint density at radius 2 is 2.55 bits per heavy atom. The van der Waals surface area contributed by atoms with E-state index in [1.54, 1.807) is 0 Å². The molecule has 1 aromatic heterocycles. The van der Waals surface area contributed by atoms with E-state index in [0.29, 0.717) is 0 Å². The molecule has 1 N–H and O–H groups in total. The minimum atomic E-state index is -0.638. The van der Waals surface area contributed by atoms with Gasteiger partial charge < -0.3 is 5.11 Å². The van der Waals surface area contributed by atoms with Crippen molar-refractivity contribution < 1.29 is 5.11 Å². The Labute approximate surface area is 69.0 Å². The summed E-state index contributed by atoms with van der Waals surface area (Å²) in [7, 11) is 0. The Bertz CT molecular complexity index is 271. The molecule has 0 saturated heterocycles. The van der Waals surface area contributed by atoms with E-state index in [1.807, 2.05) is 22.9 Å². The van der Waals surface area contributed by atoms with Crippen LogP contribution in [0.1, 0.15) is 11.7 Å². The molecule has 1 aromatic rings. The average Bonchev–Trinajstić information content (AvgIpc) is 2.52. The fraction of sp³-hybridized carbons (Fsp3) is 0.125. The SMILES string of the molecule is N#C/C=C/C(O)c1ccsc1. The summed E-state index contributed by atoms with van der Waals surface area (Å²) in [4.78, 5) is 0. The molecule has 0 aromatic carbocycles. The first kappa shape index (κ1) is 7.99. The number of nitrogens with zero attached hydrogens (tertiary/aromatic N) is 1. The summed E-state index contributed by atoms with van der Waals surface area (Å²) in [5, 5.41) is 21.2. The van der Waals surface area contributed by atoms with Crippen molar-refractivity contribution in [1.29, 1.82) is 5.26 Å². The minimum absolute atomic E-state index is 0.638. The first-order valence-corrected chi connectivity index (χ1v) is 4.05. The summed E-state index contributed by atoms with van der Waals surface area (Å²) >= 11 is 1.52. The smallest absolute Gasteiger partial charge is 0.0989 e. The van der Waals surface area contributed by atoms with Gasteiger partial charge in [0.2, 0.25) is 0 Å². The van der Waals surface area contributed by atoms with Gasteiger partial charge in [-0.15, -0.1) is 0 Å². The first-order chi connectivity index (χ1) is 5.34. The predicted molar refractivity (Wildman–Crippen MR) is 44.0 cm³/mol. The van der Waals surface area contributed by atoms with Gasteiger partial charge in [-0.3, -0.25) is 0 Å². The van der Waals surface area contributed by atoms with Gasteiger partial charge in [0.25, 0.3) is 0 Å². The molecule has 1 heterocycles. The van der Waals surface area contributed by atoms with Crippen molar-refractivity contribution >= 4 is 11.3 Å². The molecule has 1 rings (SSSR count). The Morgan fingerprint density at radius 3 is 3.09 bits per heavy atom. The van der Waals surface area contributed by atoms with Crippen molar-refractivity contribution in [3.63, 3.8) is 0 Å². The highest BCUT2D eigenvalue weighted by atomic mass is 32.1. The zero-order chi connectivity index (χ0) is 8.10. The average molecular weight is 165 g/mol. The molecule has 2 nitrogen and oxygen atoms in total. The molecule has 3 heteroatoms. The second kappa shape index (κ2) is 3.91. The van der Waals surface area contributed by atoms with Crippen molar-refractivity contribution in [2.75, 3.05) is 0 Å². The molecule has 0 bridgehead atoms. The molecule has 0 fully saturated rings. The molecule has 56 valence electrons. The largest absolute Gasteiger partial charge is 0.384 e. The number of aliphatic hydroxyl groups excluding tert-OH is 1. The molecule has 1 unspecified atom stereocenters. The number of rotatable bonds is 2. The van der Waals surface area contributed by atoms with Crippen molar-refractivity contribution in [3.8, 4) is 6.07 Å². The highest BCUT2D eigenvalue weighted by Crippen LogP contribution is 2.16. The standard InChI is InChI=1S/C8H7NOS/c9-4-1-2-8(10)7-3-5-11-6-7/h1-3,5-6,8,10H/b2-1+. The number of hydrogen-bond acceptors (Lipinski definition) is 3. The van der Waals surface area contributed by atoms with Gasteiger partial charge in [0.15, 0.2) is 0 Å². The number of aliphatic hydroxyl groups is 1. The van der Waals surface area contributed by atoms with Gasteiger partial charge in [0, 0.05) is 6.08 Å². The van der Waals surface area contributed by atoms with Crippen LogP contribution in [0.15, 0.2) is 29.0 Å². The maximum Gasteiger partial charge on any atom is 0.0989 e. The lowest BCUT2D eigenvalue weighted by Gasteiger charge is -1.98. The predicted octanol–water partition coefficient (Wildman–Crippen LogP) is 1.86. The zero-order valence-electron chi connectivity index (χ0n) is 5.77. The molecule has 11 heavy (non-hydrogen) atoms. The minimum Gasteiger partial charge on any atom is -0.384 e. The lowest BCUT2D eigenvalue weighted by atomic mass is 10.2. The molecule has 0 amide bonds. The summed E-state index contributed by atoms with van der Waals surface area (Å²) in [6, 6.07) is 3.65. The lowest BCUT2D eigenvalue weighted by molar-refractivity contribution is 0.229. The van der Waals surface area contributed by atoms with Crippen LogP contribution in [0.25, 0.3) is 0 Å². The van der Waals surface area contributed by atoms with Crippen LogP contribution in [-0.4, -0.2) is 5.11 Å². The van der Waals surface area contributed by atoms with Crippen LogP contribution in [-0.2, 0) is 0 Å². The quantitative estimate of drug-likeness (QED) is 0.680. The van der Waals surface area contributed by atoms with E-state index in [9.17, 15) is 5.11 Å². The van der Waals surface area contributed by atoms with Gasteiger partial charge in [0.05, 0.1) is 12.2 Å². The molecular weight excluding hydrogens is 158 g/mol. The van der Waals surface area contributed by atoms with Crippen molar-refractivity contribution in [3.05, 3.63) is 34.5 Å². The van der Waals surface area contributed by atoms with E-state index in [1.165, 1.54) is 23.5 Å². The highest BCUT2D eigenvalue weighted by molar-refractivity contribution is 7.07. The Balaban J connectivity index is 2.65. The summed E-state index contributed by atoms with van der Waals surface area (Å²) in [6.07, 6.45) is 2.10. The Morgan fingerprint density at radius 1 is 1.73 bits per heavy atom. The zero-order valence-corrected chi connectivity index (χ0v) is 6.58. The maximum atomic E-state index is 9.31. The summed E-state index contributed by atoms with van der Waals surface area (Å²) in [5.74, 6) is 0. The summed E-state index contributed by atoms with van der Waals surface area (Å²) in [6.45, 7) is 0. The van der Waals surface area contributed by atoms with Gasteiger partial charge in [0.1, 0.15) is 0 Å². The monoisotopic (exact) mass is 165 g/mol. The topological polar surface area (TPSA) is 44.0 Å². The van der Waals surface area contributed by atoms with E-state index in [0.717, 1.165) is 5.56 Å². The second-order valence-corrected chi connectivity index (χ2v) is 2.77. The maximum absolute atomic E-state index is 9.31. The summed E-state index contributed by atoms with van der Waals surface area (Å²) < 4.78 is 0. The highest BCUT2D eigenvalue weighted by Gasteiger charge is 2.01. The molecule has 0 spiro atoms. The summed E-state index contributed by atoms with van der Waals surface area (Å²) in [5.41, 5.74) is 0.835. The molecule has 0 saturated carbocycles. The van der Waals surface area contributed by atoms with Crippen LogP contribution >= 0.6 is 11.3 Å². The van der Waals surface area contributed by atoms with Gasteiger partial charge in [-0.25, -0.2) is 0 Å². The third kappa shape index (κ3) is 2.19. The Kier molecular flexibility index (Phi) is 2.84. The van der Waals surface area contributed by atoms with Crippen molar-refractivity contribution in [2.24, 2.45) is 0 Å². The lowest BCUT2D eigenvalue weighted by Crippen LogP contribution is -1.88. The molecule has 0 radical (unpaired) electrons. The molecule has 0 aliphatic rings. The third-order valence-corrected chi connectivity index (χ3v) is 1.94. The van der Waals surface area contributed by atoms with E-state index in [2.05, 4.69) is 0 Å². The third-order valence-electron chi connectivity index (χ3n) is 1.24. The number of thiophene rings is 1. The van der Waals surface area contributed by atoms with Crippen LogP contribution in [0.3, 0.4) is 0 Å². The van der Waals surface area contributed by atoms with Crippen LogP contribution < -0.4 is 0 Å². The fourth-order valence-electron chi connectivity index (χ4n) is 0.689. The van der Waals surface area contributed by atoms with Crippen LogP contribution in [0, 0.1) is 11.3 Å². The number of hydrogen-bond donors (Lipinski definition) is 1. The van der Waals surface area contributed by atoms with Gasteiger partial charge in [-0.1, -0.05) is 0 Å². The van der Waals surface area contributed by atoms with Crippen molar-refractivity contribution in [1.82, 2.24) is 0 Å². The van der Waals surface area contributed by atoms with Crippen LogP contribution in [0.2, 0.25) is 0 Å². The van der Waals surface area contributed by atoms with Gasteiger partial charge in [-0.2, -0.15) is 16.6 Å². The first-order valence-electron chi connectivity index (χ1n) is 3.11. The van der Waals surface area contributed by atoms with E-state index < -0.39 is 6.10 Å². The van der Waals surface area contributed by atoms with Crippen LogP contribution in [0.4, 0.5) is 0 Å². The van der Waals surface area contributed by atoms with Crippen molar-refractivity contribution in [2.45, 2.75) is 6.10 Å². The molecule has 1 atom stereocenters. The molecular formula is C8H7NOS. The number of nitriles is 1. The Hall–Kier alpha value is -1.11. The number of allylic oxidation sites excluding steroid dienone is 1. The fourth-order valence-corrected chi connectivity index (χ4v) is 1.38. The molecule has 0 aliphatic carbocycles. The van der Waals surface area contributed by atoms with Gasteiger partial charge >= 0.3 is 0 Å². The van der Waals surface area contributed by atoms with E-state index in [-0.39, 0.29) is 0 Å². The molecule has 0 aliphatic heterocycles. The van der Waals surface area contributed by atoms with E-state index in [4.69, 9.17) is 5.26 Å². The van der Waals surface area contributed by atoms with Crippen LogP contribution in [0.5, 0.6) is 0 Å². The second-order valence-electron chi connectivity index (χ2n) is 1.99.